The molecule has 0 saturated heterocycles. The van der Waals surface area contributed by atoms with E-state index in [2.05, 4.69) is 28.4 Å². The Bertz CT molecular complexity index is 269. The maximum atomic E-state index is 11.3. The van der Waals surface area contributed by atoms with Crippen LogP contribution in [0.15, 0.2) is 0 Å². The monoisotopic (exact) mass is 350 g/mol. The molecular formula is C7H15O6P5. The van der Waals surface area contributed by atoms with Gasteiger partial charge >= 0.3 is 0 Å². The summed E-state index contributed by atoms with van der Waals surface area (Å²) in [4.78, 5) is 0. The summed E-state index contributed by atoms with van der Waals surface area (Å²) >= 11 is 0. The van der Waals surface area contributed by atoms with Crippen molar-refractivity contribution in [3.63, 3.8) is 0 Å². The average Bonchev–Trinajstić information content (AvgIpc) is 2.43. The summed E-state index contributed by atoms with van der Waals surface area (Å²) in [6.45, 7) is 0. The summed E-state index contributed by atoms with van der Waals surface area (Å²) in [6, 6.07) is 0. The lowest BCUT2D eigenvalue weighted by molar-refractivity contribution is -0.0872. The lowest BCUT2D eigenvalue weighted by Gasteiger charge is -2.44. The first-order valence-electron chi connectivity index (χ1n) is 4.94. The summed E-state index contributed by atoms with van der Waals surface area (Å²) in [5.74, 6) is 0. The molecule has 0 aromatic rings. The van der Waals surface area contributed by atoms with Crippen LogP contribution in [0.4, 0.5) is 0 Å². The van der Waals surface area contributed by atoms with E-state index in [4.69, 9.17) is 18.3 Å². The highest BCUT2D eigenvalue weighted by molar-refractivity contribution is 7.26. The fourth-order valence-electron chi connectivity index (χ4n) is 2.14. The standard InChI is InChI=1S/C7H15O6P5/c1-10-3-2(11-14)4(12-15)7(18-9)5(13-16)6(3)17-8/h2-7H,14-16H2,1H3/t2-,3?,4?,5+,6?,7-/m1/s1. The Morgan fingerprint density at radius 2 is 1.22 bits per heavy atom. The van der Waals surface area contributed by atoms with Crippen molar-refractivity contribution in [1.82, 2.24) is 0 Å². The second kappa shape index (κ2) is 8.58. The Morgan fingerprint density at radius 3 is 1.56 bits per heavy atom. The summed E-state index contributed by atoms with van der Waals surface area (Å²) in [6.07, 6.45) is -2.05. The second-order valence-corrected chi connectivity index (χ2v) is 6.13. The third kappa shape index (κ3) is 3.32. The van der Waals surface area contributed by atoms with Gasteiger partial charge in [-0.15, -0.1) is 0 Å². The number of ether oxygens (including phenoxy) is 1. The average molecular weight is 350 g/mol. The normalized spacial score (nSPS) is 41.3. The molecule has 11 heteroatoms. The van der Waals surface area contributed by atoms with Gasteiger partial charge in [0.15, 0.2) is 16.9 Å². The van der Waals surface area contributed by atoms with Gasteiger partial charge in [0, 0.05) is 35.5 Å². The molecule has 1 aliphatic rings. The number of hydrogen-bond donors (Lipinski definition) is 0. The van der Waals surface area contributed by atoms with Gasteiger partial charge in [-0.2, -0.15) is 0 Å². The maximum absolute atomic E-state index is 11.3. The maximum Gasteiger partial charge on any atom is 0.164 e. The van der Waals surface area contributed by atoms with E-state index in [-0.39, 0.29) is 16.9 Å². The third-order valence-electron chi connectivity index (χ3n) is 2.98. The summed E-state index contributed by atoms with van der Waals surface area (Å²) in [5.41, 5.74) is -0.982. The van der Waals surface area contributed by atoms with Gasteiger partial charge in [-0.05, 0) is 0 Å². The van der Waals surface area contributed by atoms with Gasteiger partial charge in [0.25, 0.3) is 0 Å². The smallest absolute Gasteiger partial charge is 0.164 e. The largest absolute Gasteiger partial charge is 0.377 e. The van der Waals surface area contributed by atoms with Gasteiger partial charge in [0.05, 0.1) is 17.4 Å². The molecule has 0 aromatic carbocycles. The van der Waals surface area contributed by atoms with Crippen LogP contribution in [0.2, 0.25) is 0 Å². The van der Waals surface area contributed by atoms with E-state index >= 15 is 0 Å². The van der Waals surface area contributed by atoms with Crippen LogP contribution in [0.5, 0.6) is 0 Å². The molecule has 1 rings (SSSR count). The number of rotatable bonds is 6. The zero-order valence-corrected chi connectivity index (χ0v) is 14.8. The summed E-state index contributed by atoms with van der Waals surface area (Å²) in [7, 11) is 7.54. The Balaban J connectivity index is 3.14. The predicted octanol–water partition coefficient (Wildman–Crippen LogP) is 1.86. The molecule has 0 aliphatic heterocycles. The van der Waals surface area contributed by atoms with E-state index in [0.29, 0.717) is 0 Å². The minimum atomic E-state index is -0.541. The Labute approximate surface area is 116 Å². The lowest BCUT2D eigenvalue weighted by atomic mass is 9.88. The van der Waals surface area contributed by atoms with Gasteiger partial charge in [0.2, 0.25) is 0 Å². The first kappa shape index (κ1) is 17.4. The van der Waals surface area contributed by atoms with Crippen molar-refractivity contribution >= 4 is 45.3 Å². The SMILES string of the molecule is COC1C(P=O)[C@H](OP)[C@H](P=O)C(OP)[C@@H]1OP. The number of hydrogen-bond acceptors (Lipinski definition) is 6. The minimum absolute atomic E-state index is 0.152. The molecule has 0 radical (unpaired) electrons. The molecule has 1 fully saturated rings. The molecule has 9 atom stereocenters. The van der Waals surface area contributed by atoms with Crippen LogP contribution >= 0.6 is 45.3 Å². The topological polar surface area (TPSA) is 71.1 Å². The van der Waals surface area contributed by atoms with Crippen LogP contribution < -0.4 is 0 Å². The van der Waals surface area contributed by atoms with Crippen molar-refractivity contribution in [2.75, 3.05) is 7.11 Å². The van der Waals surface area contributed by atoms with Crippen molar-refractivity contribution in [1.29, 1.82) is 0 Å². The quantitative estimate of drug-likeness (QED) is 0.681. The van der Waals surface area contributed by atoms with E-state index in [1.165, 1.54) is 7.11 Å². The Hall–Kier alpha value is 1.33. The van der Waals surface area contributed by atoms with Crippen LogP contribution in [0, 0.1) is 0 Å². The molecule has 6 unspecified atom stereocenters. The Kier molecular flexibility index (Phi) is 8.29. The summed E-state index contributed by atoms with van der Waals surface area (Å²) < 4.78 is 43.7. The molecule has 104 valence electrons. The van der Waals surface area contributed by atoms with Crippen LogP contribution in [0.3, 0.4) is 0 Å². The molecular weight excluding hydrogens is 335 g/mol. The van der Waals surface area contributed by atoms with E-state index in [0.717, 1.165) is 0 Å². The third-order valence-corrected chi connectivity index (χ3v) is 5.59. The molecule has 18 heavy (non-hydrogen) atoms. The highest BCUT2D eigenvalue weighted by atomic mass is 31.1. The van der Waals surface area contributed by atoms with Crippen LogP contribution in [0.25, 0.3) is 0 Å². The van der Waals surface area contributed by atoms with E-state index in [9.17, 15) is 9.13 Å². The minimum Gasteiger partial charge on any atom is -0.377 e. The van der Waals surface area contributed by atoms with Gasteiger partial charge < -0.3 is 18.3 Å². The van der Waals surface area contributed by atoms with Crippen LogP contribution in [-0.4, -0.2) is 42.8 Å². The van der Waals surface area contributed by atoms with Crippen LogP contribution in [-0.2, 0) is 27.4 Å². The number of methoxy groups -OCH3 is 1. The fourth-order valence-corrected chi connectivity index (χ4v) is 5.17. The van der Waals surface area contributed by atoms with Gasteiger partial charge in [-0.1, -0.05) is 0 Å². The van der Waals surface area contributed by atoms with Crippen molar-refractivity contribution in [3.8, 4) is 0 Å². The second-order valence-electron chi connectivity index (χ2n) is 3.69. The predicted molar refractivity (Wildman–Crippen MR) is 77.3 cm³/mol. The molecule has 6 nitrogen and oxygen atoms in total. The summed E-state index contributed by atoms with van der Waals surface area (Å²) in [5, 5.41) is 0. The van der Waals surface area contributed by atoms with Crippen molar-refractivity contribution in [2.24, 2.45) is 0 Å². The molecule has 0 spiro atoms. The first-order chi connectivity index (χ1) is 8.69. The molecule has 0 heterocycles. The molecule has 0 N–H and O–H groups in total. The molecule has 1 aliphatic carbocycles. The highest BCUT2D eigenvalue weighted by Crippen LogP contribution is 2.41. The zero-order chi connectivity index (χ0) is 13.7. The van der Waals surface area contributed by atoms with Crippen molar-refractivity contribution < 1.29 is 27.4 Å². The highest BCUT2D eigenvalue weighted by Gasteiger charge is 2.53. The van der Waals surface area contributed by atoms with Gasteiger partial charge in [-0.3, -0.25) is 9.13 Å². The molecule has 0 aromatic heterocycles. The lowest BCUT2D eigenvalue weighted by Crippen LogP contribution is -2.61. The molecule has 1 saturated carbocycles. The van der Waals surface area contributed by atoms with Crippen molar-refractivity contribution in [3.05, 3.63) is 0 Å². The Morgan fingerprint density at radius 1 is 0.778 bits per heavy atom. The van der Waals surface area contributed by atoms with E-state index < -0.39 is 35.7 Å². The fraction of sp³-hybridized carbons (Fsp3) is 1.00. The van der Waals surface area contributed by atoms with Crippen molar-refractivity contribution in [2.45, 2.75) is 35.7 Å². The van der Waals surface area contributed by atoms with Gasteiger partial charge in [-0.25, -0.2) is 0 Å². The van der Waals surface area contributed by atoms with Crippen LogP contribution in [0.1, 0.15) is 0 Å². The zero-order valence-electron chi connectivity index (χ0n) is 9.54. The van der Waals surface area contributed by atoms with E-state index in [1.807, 2.05) is 0 Å². The molecule has 0 bridgehead atoms. The first-order valence-corrected chi connectivity index (χ1v) is 8.12. The van der Waals surface area contributed by atoms with E-state index in [1.54, 1.807) is 0 Å². The molecule has 0 amide bonds. The van der Waals surface area contributed by atoms with Gasteiger partial charge in [0.1, 0.15) is 18.3 Å².